The molecule has 1 N–H and O–H groups in total. The Morgan fingerprint density at radius 3 is 2.79 bits per heavy atom. The Morgan fingerprint density at radius 2 is 2.04 bits per heavy atom. The summed E-state index contributed by atoms with van der Waals surface area (Å²) in [6.07, 6.45) is 0. The van der Waals surface area contributed by atoms with E-state index in [1.165, 1.54) is 16.9 Å². The lowest BCUT2D eigenvalue weighted by atomic mass is 10.2. The van der Waals surface area contributed by atoms with Crippen LogP contribution in [0.1, 0.15) is 21.6 Å². The van der Waals surface area contributed by atoms with E-state index in [4.69, 9.17) is 16.3 Å². The first-order chi connectivity index (χ1) is 11.6. The van der Waals surface area contributed by atoms with Gasteiger partial charge in [-0.15, -0.1) is 11.3 Å². The molecular formula is C18H15ClN2O2S. The molecule has 0 bridgehead atoms. The van der Waals surface area contributed by atoms with E-state index in [1.54, 1.807) is 24.3 Å². The fourth-order valence-electron chi connectivity index (χ4n) is 2.03. The van der Waals surface area contributed by atoms with Gasteiger partial charge in [0.05, 0.1) is 11.3 Å². The Bertz CT molecular complexity index is 846. The molecule has 0 spiro atoms. The molecule has 0 atom stereocenters. The van der Waals surface area contributed by atoms with Crippen LogP contribution in [0.2, 0.25) is 5.02 Å². The van der Waals surface area contributed by atoms with Crippen LogP contribution in [0, 0.1) is 6.92 Å². The van der Waals surface area contributed by atoms with E-state index in [0.717, 1.165) is 10.8 Å². The average Bonchev–Trinajstić information content (AvgIpc) is 3.02. The highest BCUT2D eigenvalue weighted by atomic mass is 35.5. The summed E-state index contributed by atoms with van der Waals surface area (Å²) in [4.78, 5) is 16.4. The van der Waals surface area contributed by atoms with Crippen molar-refractivity contribution in [2.75, 3.05) is 5.32 Å². The third-order valence-electron chi connectivity index (χ3n) is 3.27. The maximum atomic E-state index is 12.0. The van der Waals surface area contributed by atoms with Crippen molar-refractivity contribution in [1.82, 2.24) is 4.98 Å². The van der Waals surface area contributed by atoms with Gasteiger partial charge in [-0.3, -0.25) is 0 Å². The van der Waals surface area contributed by atoms with Crippen LogP contribution in [0.4, 0.5) is 10.8 Å². The van der Waals surface area contributed by atoms with E-state index in [0.29, 0.717) is 16.3 Å². The minimum absolute atomic E-state index is 0.122. The second-order valence-electron chi connectivity index (χ2n) is 5.22. The Kier molecular flexibility index (Phi) is 5.13. The molecule has 0 amide bonds. The van der Waals surface area contributed by atoms with Gasteiger partial charge in [-0.05, 0) is 37.3 Å². The number of thiazole rings is 1. The number of hydrogen-bond donors (Lipinski definition) is 1. The number of carbonyl (C=O) groups excluding carboxylic acids is 1. The number of carbonyl (C=O) groups is 1. The summed E-state index contributed by atoms with van der Waals surface area (Å²) in [5.74, 6) is -0.418. The van der Waals surface area contributed by atoms with Crippen LogP contribution in [0.3, 0.4) is 0 Å². The van der Waals surface area contributed by atoms with Crippen molar-refractivity contribution < 1.29 is 9.53 Å². The van der Waals surface area contributed by atoms with Gasteiger partial charge in [0.15, 0.2) is 5.13 Å². The van der Waals surface area contributed by atoms with Gasteiger partial charge in [-0.2, -0.15) is 0 Å². The number of halogens is 1. The largest absolute Gasteiger partial charge is 0.456 e. The van der Waals surface area contributed by atoms with E-state index in [2.05, 4.69) is 10.3 Å². The maximum absolute atomic E-state index is 12.0. The molecule has 0 aliphatic rings. The van der Waals surface area contributed by atoms with Crippen LogP contribution >= 0.6 is 22.9 Å². The zero-order chi connectivity index (χ0) is 16.9. The molecule has 24 heavy (non-hydrogen) atoms. The van der Waals surface area contributed by atoms with Gasteiger partial charge in [0.2, 0.25) is 0 Å². The third-order valence-corrected chi connectivity index (χ3v) is 4.31. The van der Waals surface area contributed by atoms with Crippen molar-refractivity contribution in [2.24, 2.45) is 0 Å². The predicted octanol–water partition coefficient (Wildman–Crippen LogP) is 5.21. The number of aromatic nitrogens is 1. The molecule has 1 heterocycles. The summed E-state index contributed by atoms with van der Waals surface area (Å²) in [6.45, 7) is 2.16. The van der Waals surface area contributed by atoms with Crippen molar-refractivity contribution in [2.45, 2.75) is 13.5 Å². The maximum Gasteiger partial charge on any atom is 0.338 e. The topological polar surface area (TPSA) is 51.2 Å². The summed E-state index contributed by atoms with van der Waals surface area (Å²) in [7, 11) is 0. The number of nitrogens with one attached hydrogen (secondary N) is 1. The Hall–Kier alpha value is -2.37. The molecular weight excluding hydrogens is 344 g/mol. The molecule has 122 valence electrons. The van der Waals surface area contributed by atoms with Gasteiger partial charge in [-0.25, -0.2) is 9.78 Å². The number of ether oxygens (including phenoxy) is 1. The molecule has 3 aromatic rings. The standard InChI is InChI=1S/C18H15ClN2O2S/c1-12-5-7-15(8-6-12)20-18-21-16(11-24-18)10-23-17(22)13-3-2-4-14(19)9-13/h2-9,11H,10H2,1H3,(H,20,21). The first-order valence-corrected chi connectivity index (χ1v) is 8.57. The highest BCUT2D eigenvalue weighted by Crippen LogP contribution is 2.22. The quantitative estimate of drug-likeness (QED) is 0.636. The molecule has 0 aliphatic heterocycles. The Balaban J connectivity index is 1.58. The van der Waals surface area contributed by atoms with E-state index in [-0.39, 0.29) is 6.61 Å². The van der Waals surface area contributed by atoms with Crippen molar-refractivity contribution >= 4 is 39.7 Å². The van der Waals surface area contributed by atoms with Crippen molar-refractivity contribution in [3.63, 3.8) is 0 Å². The molecule has 6 heteroatoms. The van der Waals surface area contributed by atoms with E-state index in [1.807, 2.05) is 36.6 Å². The van der Waals surface area contributed by atoms with Crippen molar-refractivity contribution in [3.05, 3.63) is 75.8 Å². The molecule has 4 nitrogen and oxygen atoms in total. The number of anilines is 2. The zero-order valence-electron chi connectivity index (χ0n) is 13.0. The molecule has 0 saturated carbocycles. The van der Waals surface area contributed by atoms with Crippen LogP contribution in [0.25, 0.3) is 0 Å². The summed E-state index contributed by atoms with van der Waals surface area (Å²) < 4.78 is 5.27. The van der Waals surface area contributed by atoms with Crippen LogP contribution in [0.15, 0.2) is 53.9 Å². The normalized spacial score (nSPS) is 10.4. The molecule has 3 rings (SSSR count). The van der Waals surface area contributed by atoms with Gasteiger partial charge in [0.25, 0.3) is 0 Å². The number of nitrogens with zero attached hydrogens (tertiary/aromatic N) is 1. The summed E-state index contributed by atoms with van der Waals surface area (Å²) >= 11 is 7.33. The molecule has 0 unspecified atom stereocenters. The van der Waals surface area contributed by atoms with Crippen LogP contribution in [-0.4, -0.2) is 11.0 Å². The van der Waals surface area contributed by atoms with Crippen LogP contribution in [0.5, 0.6) is 0 Å². The summed E-state index contributed by atoms with van der Waals surface area (Å²) in [5.41, 5.74) is 3.30. The van der Waals surface area contributed by atoms with E-state index >= 15 is 0 Å². The predicted molar refractivity (Wildman–Crippen MR) is 97.1 cm³/mol. The van der Waals surface area contributed by atoms with Crippen molar-refractivity contribution in [3.8, 4) is 0 Å². The van der Waals surface area contributed by atoms with Crippen LogP contribution < -0.4 is 5.32 Å². The Labute approximate surface area is 149 Å². The lowest BCUT2D eigenvalue weighted by Gasteiger charge is -2.04. The fourth-order valence-corrected chi connectivity index (χ4v) is 2.93. The second-order valence-corrected chi connectivity index (χ2v) is 6.52. The lowest BCUT2D eigenvalue weighted by Crippen LogP contribution is -2.05. The number of hydrogen-bond acceptors (Lipinski definition) is 5. The smallest absolute Gasteiger partial charge is 0.338 e. The third kappa shape index (κ3) is 4.34. The second kappa shape index (κ2) is 7.47. The van der Waals surface area contributed by atoms with Gasteiger partial charge in [0.1, 0.15) is 6.61 Å². The summed E-state index contributed by atoms with van der Waals surface area (Å²) in [6, 6.07) is 14.7. The van der Waals surface area contributed by atoms with E-state index < -0.39 is 5.97 Å². The molecule has 1 aromatic heterocycles. The number of aryl methyl sites for hydroxylation is 1. The minimum atomic E-state index is -0.418. The number of rotatable bonds is 5. The molecule has 0 fully saturated rings. The summed E-state index contributed by atoms with van der Waals surface area (Å²) in [5, 5.41) is 6.35. The zero-order valence-corrected chi connectivity index (χ0v) is 14.5. The molecule has 0 radical (unpaired) electrons. The lowest BCUT2D eigenvalue weighted by molar-refractivity contribution is 0.0468. The van der Waals surface area contributed by atoms with Gasteiger partial charge in [0, 0.05) is 16.1 Å². The first-order valence-electron chi connectivity index (χ1n) is 7.31. The SMILES string of the molecule is Cc1ccc(Nc2nc(COC(=O)c3cccc(Cl)c3)cs2)cc1. The number of esters is 1. The molecule has 0 aliphatic carbocycles. The van der Waals surface area contributed by atoms with Crippen molar-refractivity contribution in [1.29, 1.82) is 0 Å². The number of benzene rings is 2. The Morgan fingerprint density at radius 1 is 1.25 bits per heavy atom. The van der Waals surface area contributed by atoms with Gasteiger partial charge < -0.3 is 10.1 Å². The fraction of sp³-hybridized carbons (Fsp3) is 0.111. The van der Waals surface area contributed by atoms with Gasteiger partial charge >= 0.3 is 5.97 Å². The molecule has 0 saturated heterocycles. The monoisotopic (exact) mass is 358 g/mol. The average molecular weight is 359 g/mol. The highest BCUT2D eigenvalue weighted by Gasteiger charge is 2.09. The highest BCUT2D eigenvalue weighted by molar-refractivity contribution is 7.13. The minimum Gasteiger partial charge on any atom is -0.456 e. The molecule has 2 aromatic carbocycles. The first kappa shape index (κ1) is 16.5. The van der Waals surface area contributed by atoms with E-state index in [9.17, 15) is 4.79 Å². The van der Waals surface area contributed by atoms with Gasteiger partial charge in [-0.1, -0.05) is 35.4 Å². The van der Waals surface area contributed by atoms with Crippen LogP contribution in [-0.2, 0) is 11.3 Å².